The van der Waals surface area contributed by atoms with Crippen molar-refractivity contribution in [2.24, 2.45) is 17.3 Å². The Bertz CT molecular complexity index is 275. The van der Waals surface area contributed by atoms with E-state index in [9.17, 15) is 0 Å². The van der Waals surface area contributed by atoms with Crippen LogP contribution in [-0.2, 0) is 9.78 Å². The number of rotatable bonds is 4. The van der Waals surface area contributed by atoms with Gasteiger partial charge in [-0.05, 0) is 57.3 Å². The van der Waals surface area contributed by atoms with Crippen LogP contribution in [0.2, 0.25) is 0 Å². The van der Waals surface area contributed by atoms with Gasteiger partial charge >= 0.3 is 0 Å². The molecular formula is C17H33O2. The minimum Gasteiger partial charge on any atom is -0.232 e. The lowest BCUT2D eigenvalue weighted by atomic mass is 9.65. The number of hydrogen-bond acceptors (Lipinski definition) is 2. The maximum atomic E-state index is 5.81. The third-order valence-electron chi connectivity index (χ3n) is 3.82. The van der Waals surface area contributed by atoms with Crippen LogP contribution in [0.15, 0.2) is 0 Å². The maximum absolute atomic E-state index is 5.81. The van der Waals surface area contributed by atoms with Gasteiger partial charge < -0.3 is 0 Å². The zero-order valence-electron chi connectivity index (χ0n) is 14.2. The summed E-state index contributed by atoms with van der Waals surface area (Å²) in [4.78, 5) is 11.4. The Morgan fingerprint density at radius 3 is 2.16 bits per heavy atom. The highest BCUT2D eigenvalue weighted by molar-refractivity contribution is 4.97. The molecule has 0 aromatic rings. The fourth-order valence-corrected chi connectivity index (χ4v) is 3.49. The summed E-state index contributed by atoms with van der Waals surface area (Å²) in [5.74, 6) is 2.67. The average molecular weight is 269 g/mol. The molecule has 3 atom stereocenters. The minimum absolute atomic E-state index is 0.126. The van der Waals surface area contributed by atoms with E-state index in [1.807, 2.05) is 20.8 Å². The molecule has 0 aromatic heterocycles. The molecule has 1 fully saturated rings. The van der Waals surface area contributed by atoms with Crippen molar-refractivity contribution in [1.82, 2.24) is 0 Å². The fourth-order valence-electron chi connectivity index (χ4n) is 3.49. The molecule has 2 nitrogen and oxygen atoms in total. The third-order valence-corrected chi connectivity index (χ3v) is 3.82. The molecule has 1 radical (unpaired) electrons. The predicted octanol–water partition coefficient (Wildman–Crippen LogP) is 5.18. The lowest BCUT2D eigenvalue weighted by Gasteiger charge is -2.43. The van der Waals surface area contributed by atoms with Crippen LogP contribution in [0.25, 0.3) is 0 Å². The molecule has 3 unspecified atom stereocenters. The summed E-state index contributed by atoms with van der Waals surface area (Å²) < 4.78 is 0. The molecule has 0 heterocycles. The normalized spacial score (nSPS) is 29.5. The van der Waals surface area contributed by atoms with Gasteiger partial charge in [-0.25, -0.2) is 9.78 Å². The number of hydrogen-bond donors (Lipinski definition) is 0. The topological polar surface area (TPSA) is 18.5 Å². The minimum atomic E-state index is -0.247. The van der Waals surface area contributed by atoms with Gasteiger partial charge in [0, 0.05) is 5.92 Å². The van der Waals surface area contributed by atoms with Crippen LogP contribution in [0.1, 0.15) is 74.7 Å². The Morgan fingerprint density at radius 1 is 1.16 bits per heavy atom. The first kappa shape index (κ1) is 17.0. The van der Waals surface area contributed by atoms with Crippen molar-refractivity contribution in [2.75, 3.05) is 0 Å². The van der Waals surface area contributed by atoms with Crippen LogP contribution in [-0.4, -0.2) is 11.7 Å². The van der Waals surface area contributed by atoms with E-state index in [0.29, 0.717) is 11.3 Å². The van der Waals surface area contributed by atoms with Crippen LogP contribution in [0.5, 0.6) is 0 Å². The van der Waals surface area contributed by atoms with Crippen LogP contribution < -0.4 is 0 Å². The first-order valence-corrected chi connectivity index (χ1v) is 7.65. The molecule has 1 aliphatic carbocycles. The lowest BCUT2D eigenvalue weighted by molar-refractivity contribution is -0.378. The zero-order valence-corrected chi connectivity index (χ0v) is 14.2. The van der Waals surface area contributed by atoms with Gasteiger partial charge in [0.05, 0.1) is 5.60 Å². The van der Waals surface area contributed by atoms with E-state index in [-0.39, 0.29) is 11.7 Å². The van der Waals surface area contributed by atoms with Crippen LogP contribution in [0.4, 0.5) is 0 Å². The van der Waals surface area contributed by atoms with E-state index in [0.717, 1.165) is 5.92 Å². The van der Waals surface area contributed by atoms with Crippen LogP contribution >= 0.6 is 0 Å². The predicted molar refractivity (Wildman–Crippen MR) is 80.6 cm³/mol. The Labute approximate surface area is 120 Å². The molecule has 0 aliphatic heterocycles. The second-order valence-electron chi connectivity index (χ2n) is 8.46. The van der Waals surface area contributed by atoms with Crippen molar-refractivity contribution in [3.05, 3.63) is 5.92 Å². The summed E-state index contributed by atoms with van der Waals surface area (Å²) in [6, 6.07) is 0. The molecule has 0 spiro atoms. The highest BCUT2D eigenvalue weighted by Gasteiger charge is 2.38. The standard InChI is InChI=1S/C17H33O2/c1-12(2)15(18-19-16(4,5)6)14-9-13(3)10-17(7,8)11-14/h13-15H,9-11H2,1-8H3. The highest BCUT2D eigenvalue weighted by atomic mass is 17.2. The summed E-state index contributed by atoms with van der Waals surface area (Å²) in [5.41, 5.74) is 0.171. The van der Waals surface area contributed by atoms with E-state index in [4.69, 9.17) is 9.78 Å². The first-order chi connectivity index (χ1) is 8.50. The van der Waals surface area contributed by atoms with Gasteiger partial charge in [0.1, 0.15) is 6.10 Å². The molecule has 0 aromatic carbocycles. The van der Waals surface area contributed by atoms with E-state index in [2.05, 4.69) is 34.6 Å². The molecule has 113 valence electrons. The van der Waals surface area contributed by atoms with Gasteiger partial charge in [-0.1, -0.05) is 34.6 Å². The fraction of sp³-hybridized carbons (Fsp3) is 0.941. The first-order valence-electron chi connectivity index (χ1n) is 7.65. The van der Waals surface area contributed by atoms with Crippen LogP contribution in [0.3, 0.4) is 0 Å². The smallest absolute Gasteiger partial charge is 0.101 e. The van der Waals surface area contributed by atoms with Crippen molar-refractivity contribution in [1.29, 1.82) is 0 Å². The van der Waals surface area contributed by atoms with Gasteiger partial charge in [0.25, 0.3) is 0 Å². The van der Waals surface area contributed by atoms with E-state index < -0.39 is 0 Å². The summed E-state index contributed by atoms with van der Waals surface area (Å²) in [7, 11) is 0. The molecule has 2 heteroatoms. The molecule has 0 amide bonds. The van der Waals surface area contributed by atoms with Gasteiger partial charge in [-0.2, -0.15) is 0 Å². The maximum Gasteiger partial charge on any atom is 0.101 e. The monoisotopic (exact) mass is 269 g/mol. The zero-order chi connectivity index (χ0) is 14.8. The summed E-state index contributed by atoms with van der Waals surface area (Å²) in [5, 5.41) is 0. The van der Waals surface area contributed by atoms with Gasteiger partial charge in [0.15, 0.2) is 0 Å². The Kier molecular flexibility index (Phi) is 5.48. The molecular weight excluding hydrogens is 236 g/mol. The Hall–Kier alpha value is -0.0800. The van der Waals surface area contributed by atoms with Gasteiger partial charge in [0.2, 0.25) is 0 Å². The average Bonchev–Trinajstić information content (AvgIpc) is 2.11. The molecule has 0 N–H and O–H groups in total. The van der Waals surface area contributed by atoms with Gasteiger partial charge in [-0.15, -0.1) is 0 Å². The van der Waals surface area contributed by atoms with E-state index in [1.165, 1.54) is 25.2 Å². The molecule has 1 saturated carbocycles. The van der Waals surface area contributed by atoms with Crippen molar-refractivity contribution in [3.8, 4) is 0 Å². The Balaban J connectivity index is 2.70. The lowest BCUT2D eigenvalue weighted by Crippen LogP contribution is -2.39. The summed E-state index contributed by atoms with van der Waals surface area (Å²) in [6.45, 7) is 17.5. The third kappa shape index (κ3) is 5.83. The van der Waals surface area contributed by atoms with Crippen molar-refractivity contribution in [2.45, 2.75) is 86.4 Å². The summed E-state index contributed by atoms with van der Waals surface area (Å²) >= 11 is 0. The Morgan fingerprint density at radius 2 is 1.74 bits per heavy atom. The van der Waals surface area contributed by atoms with Crippen molar-refractivity contribution >= 4 is 0 Å². The van der Waals surface area contributed by atoms with Crippen LogP contribution in [0, 0.1) is 23.2 Å². The molecule has 19 heavy (non-hydrogen) atoms. The van der Waals surface area contributed by atoms with E-state index in [1.54, 1.807) is 0 Å². The second-order valence-corrected chi connectivity index (χ2v) is 8.46. The highest BCUT2D eigenvalue weighted by Crippen LogP contribution is 2.45. The van der Waals surface area contributed by atoms with Gasteiger partial charge in [-0.3, -0.25) is 0 Å². The molecule has 0 bridgehead atoms. The van der Waals surface area contributed by atoms with Crippen molar-refractivity contribution in [3.63, 3.8) is 0 Å². The quantitative estimate of drug-likeness (QED) is 0.517. The van der Waals surface area contributed by atoms with Crippen molar-refractivity contribution < 1.29 is 9.78 Å². The summed E-state index contributed by atoms with van der Waals surface area (Å²) in [6.07, 6.45) is 3.91. The molecule has 1 rings (SSSR count). The second kappa shape index (κ2) is 6.13. The molecule has 0 saturated heterocycles. The largest absolute Gasteiger partial charge is 0.232 e. The van der Waals surface area contributed by atoms with E-state index >= 15 is 0 Å². The SMILES string of the molecule is C[C](C)C(OOC(C)(C)C)C1CC(C)CC(C)(C)C1. The molecule has 1 aliphatic rings.